The minimum absolute atomic E-state index is 0.301. The first-order valence-electron chi connectivity index (χ1n) is 7.52. The predicted octanol–water partition coefficient (Wildman–Crippen LogP) is 5.76. The molecule has 0 radical (unpaired) electrons. The molecule has 7 heteroatoms. The van der Waals surface area contributed by atoms with Gasteiger partial charge in [-0.1, -0.05) is 41.4 Å². The summed E-state index contributed by atoms with van der Waals surface area (Å²) in [6, 6.07) is 13.7. The Balaban J connectivity index is 1.98. The number of hydrogen-bond donors (Lipinski definition) is 1. The molecule has 132 valence electrons. The summed E-state index contributed by atoms with van der Waals surface area (Å²) in [5.74, 6) is -0.889. The van der Waals surface area contributed by atoms with Gasteiger partial charge in [0.1, 0.15) is 10.6 Å². The fourth-order valence-electron chi connectivity index (χ4n) is 2.40. The maximum Gasteiger partial charge on any atom is 0.341 e. The Labute approximate surface area is 164 Å². The zero-order chi connectivity index (χ0) is 18.7. The zero-order valence-corrected chi connectivity index (χ0v) is 15.9. The van der Waals surface area contributed by atoms with E-state index in [9.17, 15) is 9.59 Å². The van der Waals surface area contributed by atoms with E-state index in [0.717, 1.165) is 5.56 Å². The van der Waals surface area contributed by atoms with Crippen molar-refractivity contribution in [1.82, 2.24) is 0 Å². The Kier molecular flexibility index (Phi) is 5.61. The third-order valence-corrected chi connectivity index (χ3v) is 5.03. The quantitative estimate of drug-likeness (QED) is 0.561. The minimum Gasteiger partial charge on any atom is -0.465 e. The van der Waals surface area contributed by atoms with Gasteiger partial charge in [0, 0.05) is 26.6 Å². The van der Waals surface area contributed by atoms with Crippen LogP contribution in [0.25, 0.3) is 11.1 Å². The van der Waals surface area contributed by atoms with Crippen molar-refractivity contribution in [2.24, 2.45) is 0 Å². The number of rotatable bonds is 4. The van der Waals surface area contributed by atoms with Crippen LogP contribution in [-0.2, 0) is 4.74 Å². The molecular weight excluding hydrogens is 393 g/mol. The van der Waals surface area contributed by atoms with Crippen molar-refractivity contribution in [3.8, 4) is 11.1 Å². The number of carbonyl (C=O) groups is 2. The first kappa shape index (κ1) is 18.5. The van der Waals surface area contributed by atoms with Gasteiger partial charge in [-0.3, -0.25) is 4.79 Å². The van der Waals surface area contributed by atoms with Crippen LogP contribution in [0, 0.1) is 0 Å². The molecule has 1 heterocycles. The summed E-state index contributed by atoms with van der Waals surface area (Å²) >= 11 is 13.1. The predicted molar refractivity (Wildman–Crippen MR) is 106 cm³/mol. The van der Waals surface area contributed by atoms with Gasteiger partial charge >= 0.3 is 5.97 Å². The van der Waals surface area contributed by atoms with E-state index in [0.29, 0.717) is 31.7 Å². The van der Waals surface area contributed by atoms with Crippen molar-refractivity contribution < 1.29 is 14.3 Å². The average molecular weight is 406 g/mol. The highest BCUT2D eigenvalue weighted by Gasteiger charge is 2.22. The van der Waals surface area contributed by atoms with E-state index in [1.807, 2.05) is 0 Å². The molecule has 0 aliphatic carbocycles. The smallest absolute Gasteiger partial charge is 0.341 e. The molecule has 0 aliphatic heterocycles. The topological polar surface area (TPSA) is 55.4 Å². The number of ether oxygens (including phenoxy) is 1. The van der Waals surface area contributed by atoms with Gasteiger partial charge in [0.2, 0.25) is 0 Å². The van der Waals surface area contributed by atoms with Crippen LogP contribution in [0.5, 0.6) is 0 Å². The summed E-state index contributed by atoms with van der Waals surface area (Å²) in [6.07, 6.45) is 0. The van der Waals surface area contributed by atoms with Crippen LogP contribution in [0.3, 0.4) is 0 Å². The maximum absolute atomic E-state index is 12.5. The van der Waals surface area contributed by atoms with Crippen LogP contribution in [0.2, 0.25) is 10.0 Å². The van der Waals surface area contributed by atoms with Crippen LogP contribution >= 0.6 is 34.5 Å². The van der Waals surface area contributed by atoms with Crippen molar-refractivity contribution in [1.29, 1.82) is 0 Å². The lowest BCUT2D eigenvalue weighted by Gasteiger charge is -2.08. The maximum atomic E-state index is 12.5. The van der Waals surface area contributed by atoms with Crippen LogP contribution in [-0.4, -0.2) is 19.0 Å². The number of methoxy groups -OCH3 is 1. The van der Waals surface area contributed by atoms with Crippen molar-refractivity contribution in [2.45, 2.75) is 0 Å². The number of nitrogens with one attached hydrogen (secondary N) is 1. The number of hydrogen-bond acceptors (Lipinski definition) is 4. The van der Waals surface area contributed by atoms with Gasteiger partial charge in [-0.05, 0) is 35.9 Å². The Hall–Kier alpha value is -2.34. The van der Waals surface area contributed by atoms with E-state index in [-0.39, 0.29) is 5.91 Å². The lowest BCUT2D eigenvalue weighted by molar-refractivity contribution is 0.0603. The molecule has 1 amide bonds. The van der Waals surface area contributed by atoms with Gasteiger partial charge in [-0.2, -0.15) is 0 Å². The summed E-state index contributed by atoms with van der Waals surface area (Å²) in [6.45, 7) is 0. The molecule has 0 spiro atoms. The highest BCUT2D eigenvalue weighted by atomic mass is 35.5. The Morgan fingerprint density at radius 2 is 1.77 bits per heavy atom. The van der Waals surface area contributed by atoms with E-state index < -0.39 is 5.97 Å². The number of carbonyl (C=O) groups excluding carboxylic acids is 2. The van der Waals surface area contributed by atoms with E-state index in [1.165, 1.54) is 18.4 Å². The summed E-state index contributed by atoms with van der Waals surface area (Å²) in [5.41, 5.74) is 2.17. The number of esters is 1. The van der Waals surface area contributed by atoms with Gasteiger partial charge in [0.25, 0.3) is 5.91 Å². The SMILES string of the molecule is COC(=O)c1c(-c2ccc(Cl)cc2)csc1NC(=O)c1cccc(Cl)c1. The molecule has 3 rings (SSSR count). The molecule has 0 saturated heterocycles. The summed E-state index contributed by atoms with van der Waals surface area (Å²) in [4.78, 5) is 24.8. The highest BCUT2D eigenvalue weighted by molar-refractivity contribution is 7.15. The molecule has 0 unspecified atom stereocenters. The highest BCUT2D eigenvalue weighted by Crippen LogP contribution is 2.36. The van der Waals surface area contributed by atoms with Crippen LogP contribution in [0.1, 0.15) is 20.7 Å². The lowest BCUT2D eigenvalue weighted by atomic mass is 10.0. The van der Waals surface area contributed by atoms with Gasteiger partial charge < -0.3 is 10.1 Å². The molecule has 1 N–H and O–H groups in total. The number of amides is 1. The first-order valence-corrected chi connectivity index (χ1v) is 9.16. The third kappa shape index (κ3) is 3.90. The minimum atomic E-state index is -0.530. The second-order valence-electron chi connectivity index (χ2n) is 5.32. The molecule has 4 nitrogen and oxygen atoms in total. The van der Waals surface area contributed by atoms with Crippen molar-refractivity contribution in [3.63, 3.8) is 0 Å². The number of thiophene rings is 1. The second kappa shape index (κ2) is 7.91. The molecule has 3 aromatic rings. The van der Waals surface area contributed by atoms with Gasteiger partial charge in [0.05, 0.1) is 7.11 Å². The lowest BCUT2D eigenvalue weighted by Crippen LogP contribution is -2.14. The van der Waals surface area contributed by atoms with Crippen LogP contribution in [0.15, 0.2) is 53.9 Å². The monoisotopic (exact) mass is 405 g/mol. The standard InChI is InChI=1S/C19H13Cl2NO3S/c1-25-19(24)16-15(11-5-7-13(20)8-6-11)10-26-18(16)22-17(23)12-3-2-4-14(21)9-12/h2-10H,1H3,(H,22,23). The molecule has 0 atom stereocenters. The van der Waals surface area contributed by atoms with Crippen molar-refractivity contribution >= 4 is 51.4 Å². The van der Waals surface area contributed by atoms with Crippen molar-refractivity contribution in [3.05, 3.63) is 75.1 Å². The number of halogens is 2. The van der Waals surface area contributed by atoms with Gasteiger partial charge in [-0.25, -0.2) is 4.79 Å². The first-order chi connectivity index (χ1) is 12.5. The largest absolute Gasteiger partial charge is 0.465 e. The molecule has 0 bridgehead atoms. The molecule has 26 heavy (non-hydrogen) atoms. The Morgan fingerprint density at radius 3 is 2.42 bits per heavy atom. The van der Waals surface area contributed by atoms with Crippen LogP contribution < -0.4 is 5.32 Å². The third-order valence-electron chi connectivity index (χ3n) is 3.65. The fraction of sp³-hybridized carbons (Fsp3) is 0.0526. The number of anilines is 1. The molecule has 0 aliphatic rings. The summed E-state index contributed by atoms with van der Waals surface area (Å²) in [7, 11) is 1.30. The summed E-state index contributed by atoms with van der Waals surface area (Å²) < 4.78 is 4.90. The van der Waals surface area contributed by atoms with Crippen molar-refractivity contribution in [2.75, 3.05) is 12.4 Å². The Morgan fingerprint density at radius 1 is 1.04 bits per heavy atom. The zero-order valence-electron chi connectivity index (χ0n) is 13.6. The molecule has 0 saturated carbocycles. The Bertz CT molecular complexity index is 967. The van der Waals surface area contributed by atoms with Gasteiger partial charge in [0.15, 0.2) is 0 Å². The van der Waals surface area contributed by atoms with E-state index in [1.54, 1.807) is 53.9 Å². The molecular formula is C19H13Cl2NO3S. The average Bonchev–Trinajstić information content (AvgIpc) is 3.05. The summed E-state index contributed by atoms with van der Waals surface area (Å²) in [5, 5.41) is 6.02. The van der Waals surface area contributed by atoms with E-state index in [2.05, 4.69) is 5.32 Å². The fourth-order valence-corrected chi connectivity index (χ4v) is 3.67. The van der Waals surface area contributed by atoms with Crippen LogP contribution in [0.4, 0.5) is 5.00 Å². The van der Waals surface area contributed by atoms with Gasteiger partial charge in [-0.15, -0.1) is 11.3 Å². The molecule has 2 aromatic carbocycles. The molecule has 0 fully saturated rings. The molecule has 1 aromatic heterocycles. The second-order valence-corrected chi connectivity index (χ2v) is 7.07. The van der Waals surface area contributed by atoms with E-state index in [4.69, 9.17) is 27.9 Å². The normalized spacial score (nSPS) is 10.4. The number of benzene rings is 2. The van der Waals surface area contributed by atoms with E-state index >= 15 is 0 Å².